The molecule has 0 aliphatic heterocycles. The lowest BCUT2D eigenvalue weighted by Gasteiger charge is -2.24. The monoisotopic (exact) mass is 299 g/mol. The molecular weight excluding hydrogens is 288 g/mol. The van der Waals surface area contributed by atoms with Crippen LogP contribution in [-0.2, 0) is 0 Å². The van der Waals surface area contributed by atoms with Gasteiger partial charge in [0, 0.05) is 0 Å². The molecule has 0 aliphatic carbocycles. The first-order valence-electron chi connectivity index (χ1n) is 8.38. The molecule has 0 spiro atoms. The molecule has 0 fully saturated rings. The van der Waals surface area contributed by atoms with Gasteiger partial charge in [0.05, 0.1) is 0 Å². The molecule has 0 saturated heterocycles. The second-order valence-electron chi connectivity index (χ2n) is 6.90. The minimum atomic E-state index is 1.22. The van der Waals surface area contributed by atoms with E-state index in [1.165, 1.54) is 64.6 Å². The highest BCUT2D eigenvalue weighted by Gasteiger charge is 2.15. The Hall–Kier alpha value is -3.12. The van der Waals surface area contributed by atoms with Gasteiger partial charge in [-0.2, -0.15) is 0 Å². The summed E-state index contributed by atoms with van der Waals surface area (Å²) in [6.07, 6.45) is 0. The lowest BCUT2D eigenvalue weighted by molar-refractivity contribution is 1.79. The molecule has 7 rings (SSSR count). The van der Waals surface area contributed by atoms with E-state index in [2.05, 4.69) is 72.8 Å². The third-order valence-corrected chi connectivity index (χ3v) is 5.80. The van der Waals surface area contributed by atoms with E-state index in [9.17, 15) is 0 Å². The fourth-order valence-electron chi connectivity index (χ4n) is 4.81. The zero-order valence-corrected chi connectivity index (χ0v) is 12.9. The molecule has 7 aromatic carbocycles. The summed E-state index contributed by atoms with van der Waals surface area (Å²) < 4.78 is 0. The van der Waals surface area contributed by atoms with Crippen molar-refractivity contribution in [3.05, 3.63) is 72.8 Å². The van der Waals surface area contributed by atoms with Gasteiger partial charge in [0.25, 0.3) is 0 Å². The largest absolute Gasteiger partial charge is 0.143 e. The van der Waals surface area contributed by atoms with Crippen molar-refractivity contribution in [1.29, 1.82) is 0 Å². The summed E-state index contributed by atoms with van der Waals surface area (Å²) >= 11 is 0. The predicted octanol–water partition coefficient (Wildman–Crippen LogP) is 6.72. The van der Waals surface area contributed by atoms with E-state index in [1.807, 2.05) is 0 Å². The topological polar surface area (TPSA) is 0 Å². The van der Waals surface area contributed by atoms with E-state index < -0.39 is 0 Å². The van der Waals surface area contributed by atoms with Crippen LogP contribution in [0.4, 0.5) is 0 Å². The van der Waals surface area contributed by atoms with Crippen molar-refractivity contribution < 1.29 is 0 Å². The van der Waals surface area contributed by atoms with Gasteiger partial charge in [-0.1, -0.05) is 70.8 Å². The SMILES string of the molecule is [c-]1cc2ccc3ccc4ccc5ccc6ccc1c1c2c3c4c5c61. The van der Waals surface area contributed by atoms with Crippen LogP contribution >= 0.6 is 0 Å². The number of hydrogen-bond acceptors (Lipinski definition) is 0. The summed E-state index contributed by atoms with van der Waals surface area (Å²) in [5, 5.41) is 16.3. The number of benzene rings is 7. The summed E-state index contributed by atoms with van der Waals surface area (Å²) in [4.78, 5) is 0. The van der Waals surface area contributed by atoms with E-state index in [4.69, 9.17) is 0 Å². The van der Waals surface area contributed by atoms with Crippen molar-refractivity contribution in [3.8, 4) is 0 Å². The van der Waals surface area contributed by atoms with Crippen molar-refractivity contribution in [3.63, 3.8) is 0 Å². The lowest BCUT2D eigenvalue weighted by Crippen LogP contribution is -1.92. The van der Waals surface area contributed by atoms with Crippen molar-refractivity contribution in [2.75, 3.05) is 0 Å². The first kappa shape index (κ1) is 11.4. The summed E-state index contributed by atoms with van der Waals surface area (Å²) in [6.45, 7) is 0. The lowest BCUT2D eigenvalue weighted by atomic mass is 9.83. The fraction of sp³-hybridized carbons (Fsp3) is 0. The Kier molecular flexibility index (Phi) is 1.67. The van der Waals surface area contributed by atoms with Crippen LogP contribution in [0.15, 0.2) is 66.7 Å². The zero-order chi connectivity index (χ0) is 15.4. The van der Waals surface area contributed by atoms with Gasteiger partial charge in [0.15, 0.2) is 0 Å². The zero-order valence-electron chi connectivity index (χ0n) is 12.9. The van der Waals surface area contributed by atoms with Crippen LogP contribution in [0.1, 0.15) is 0 Å². The highest BCUT2D eigenvalue weighted by Crippen LogP contribution is 2.47. The molecule has 0 radical (unpaired) electrons. The molecule has 0 amide bonds. The Bertz CT molecular complexity index is 1140. The first-order valence-corrected chi connectivity index (χ1v) is 8.38. The maximum atomic E-state index is 3.51. The maximum Gasteiger partial charge on any atom is -0.00381 e. The third-order valence-electron chi connectivity index (χ3n) is 5.80. The van der Waals surface area contributed by atoms with Crippen molar-refractivity contribution in [2.45, 2.75) is 0 Å². The van der Waals surface area contributed by atoms with Crippen LogP contribution < -0.4 is 0 Å². The molecule has 0 aromatic heterocycles. The first-order chi connectivity index (χ1) is 11.9. The quantitative estimate of drug-likeness (QED) is 0.166. The Morgan fingerprint density at radius 3 is 1.29 bits per heavy atom. The van der Waals surface area contributed by atoms with E-state index in [-0.39, 0.29) is 0 Å². The van der Waals surface area contributed by atoms with Crippen LogP contribution in [0, 0.1) is 6.07 Å². The Morgan fingerprint density at radius 2 is 0.750 bits per heavy atom. The third kappa shape index (κ3) is 1.08. The van der Waals surface area contributed by atoms with Gasteiger partial charge in [0.1, 0.15) is 0 Å². The average Bonchev–Trinajstić information content (AvgIpc) is 2.65. The second kappa shape index (κ2) is 3.52. The van der Waals surface area contributed by atoms with Crippen LogP contribution in [-0.4, -0.2) is 0 Å². The van der Waals surface area contributed by atoms with Crippen LogP contribution in [0.3, 0.4) is 0 Å². The molecule has 0 heterocycles. The molecule has 0 bridgehead atoms. The number of hydrogen-bond donors (Lipinski definition) is 0. The smallest absolute Gasteiger partial charge is 0.00381 e. The minimum absolute atomic E-state index is 1.22. The Labute approximate surface area is 137 Å². The predicted molar refractivity (Wildman–Crippen MR) is 104 cm³/mol. The molecule has 24 heavy (non-hydrogen) atoms. The van der Waals surface area contributed by atoms with Gasteiger partial charge in [-0.05, 0) is 43.1 Å². The molecule has 0 nitrogen and oxygen atoms in total. The molecular formula is C24H11-. The summed E-state index contributed by atoms with van der Waals surface area (Å²) in [5.41, 5.74) is 0. The summed E-state index contributed by atoms with van der Waals surface area (Å²) in [5.74, 6) is 0. The van der Waals surface area contributed by atoms with Crippen molar-refractivity contribution >= 4 is 64.6 Å². The Morgan fingerprint density at radius 1 is 0.375 bits per heavy atom. The van der Waals surface area contributed by atoms with E-state index in [0.717, 1.165) is 0 Å². The molecule has 0 saturated carbocycles. The highest BCUT2D eigenvalue weighted by atomic mass is 14.2. The molecule has 108 valence electrons. The summed E-state index contributed by atoms with van der Waals surface area (Å²) in [7, 11) is 0. The van der Waals surface area contributed by atoms with Crippen LogP contribution in [0.2, 0.25) is 0 Å². The molecule has 7 aromatic rings. The number of rotatable bonds is 0. The fourth-order valence-corrected chi connectivity index (χ4v) is 4.81. The van der Waals surface area contributed by atoms with Gasteiger partial charge >= 0.3 is 0 Å². The van der Waals surface area contributed by atoms with Gasteiger partial charge in [-0.25, -0.2) is 0 Å². The minimum Gasteiger partial charge on any atom is -0.143 e. The van der Waals surface area contributed by atoms with Gasteiger partial charge in [0.2, 0.25) is 0 Å². The molecule has 0 atom stereocenters. The highest BCUT2D eigenvalue weighted by molar-refractivity contribution is 6.44. The second-order valence-corrected chi connectivity index (χ2v) is 6.90. The molecule has 0 heteroatoms. The van der Waals surface area contributed by atoms with Gasteiger partial charge in [-0.3, -0.25) is 0 Å². The average molecular weight is 299 g/mol. The van der Waals surface area contributed by atoms with E-state index >= 15 is 0 Å². The van der Waals surface area contributed by atoms with Gasteiger partial charge in [-0.15, -0.1) is 23.6 Å². The van der Waals surface area contributed by atoms with E-state index in [1.54, 1.807) is 0 Å². The Balaban J connectivity index is 2.11. The molecule has 0 unspecified atom stereocenters. The van der Waals surface area contributed by atoms with Crippen molar-refractivity contribution in [1.82, 2.24) is 0 Å². The van der Waals surface area contributed by atoms with Crippen LogP contribution in [0.5, 0.6) is 0 Å². The van der Waals surface area contributed by atoms with E-state index in [0.29, 0.717) is 0 Å². The summed E-state index contributed by atoms with van der Waals surface area (Å²) in [6, 6.07) is 28.2. The molecule has 0 N–H and O–H groups in total. The normalized spacial score (nSPS) is 13.0. The van der Waals surface area contributed by atoms with Gasteiger partial charge < -0.3 is 0 Å². The van der Waals surface area contributed by atoms with Crippen molar-refractivity contribution in [2.24, 2.45) is 0 Å². The molecule has 0 aliphatic rings. The standard InChI is InChI=1S/C24H11/c1-2-14-5-6-16-9-11-18-12-10-17-8-7-15-4-3-13(1)19-20(14)22(16)24(18)23(17)21(15)19/h1-11H/q-1. The maximum absolute atomic E-state index is 3.51. The van der Waals surface area contributed by atoms with Crippen LogP contribution in [0.25, 0.3) is 64.6 Å².